The van der Waals surface area contributed by atoms with Gasteiger partial charge in [-0.1, -0.05) is 0 Å². The molecular formula is C10H9N5O2. The fourth-order valence-electron chi connectivity index (χ4n) is 1.24. The molecule has 0 atom stereocenters. The van der Waals surface area contributed by atoms with Crippen LogP contribution < -0.4 is 16.0 Å². The Morgan fingerprint density at radius 1 is 1.59 bits per heavy atom. The van der Waals surface area contributed by atoms with Gasteiger partial charge in [-0.3, -0.25) is 14.8 Å². The molecule has 17 heavy (non-hydrogen) atoms. The average Bonchev–Trinajstić information content (AvgIpc) is 2.36. The van der Waals surface area contributed by atoms with Crippen molar-refractivity contribution in [3.05, 3.63) is 40.8 Å². The molecule has 0 unspecified atom stereocenters. The summed E-state index contributed by atoms with van der Waals surface area (Å²) in [6.07, 6.45) is 4.96. The fraction of sp³-hybridized carbons (Fsp3) is 0. The van der Waals surface area contributed by atoms with Crippen LogP contribution in [0.2, 0.25) is 0 Å². The molecule has 2 heterocycles. The summed E-state index contributed by atoms with van der Waals surface area (Å²) in [5.74, 6) is 0.0800. The average molecular weight is 231 g/mol. The van der Waals surface area contributed by atoms with Crippen LogP contribution in [0.5, 0.6) is 6.01 Å². The molecule has 7 nitrogen and oxygen atoms in total. The van der Waals surface area contributed by atoms with Gasteiger partial charge in [0.2, 0.25) is 0 Å². The molecule has 0 spiro atoms. The molecule has 0 aromatic carbocycles. The highest BCUT2D eigenvalue weighted by atomic mass is 16.5. The van der Waals surface area contributed by atoms with Crippen molar-refractivity contribution in [2.24, 2.45) is 5.73 Å². The number of nitrogens with two attached hydrogens (primary N) is 1. The molecule has 0 bridgehead atoms. The zero-order valence-corrected chi connectivity index (χ0v) is 8.68. The second-order valence-corrected chi connectivity index (χ2v) is 3.08. The Hall–Kier alpha value is -2.70. The SMILES string of the molecule is N=CC(=CN)Oc1nc2cnccc2c(=O)[nH]1. The fourth-order valence-corrected chi connectivity index (χ4v) is 1.24. The van der Waals surface area contributed by atoms with Crippen LogP contribution >= 0.6 is 0 Å². The van der Waals surface area contributed by atoms with Crippen LogP contribution in [0.15, 0.2) is 35.2 Å². The summed E-state index contributed by atoms with van der Waals surface area (Å²) in [4.78, 5) is 22.0. The molecule has 0 saturated carbocycles. The van der Waals surface area contributed by atoms with E-state index < -0.39 is 0 Å². The number of H-pyrrole nitrogens is 1. The molecule has 0 amide bonds. The van der Waals surface area contributed by atoms with Crippen LogP contribution in [-0.4, -0.2) is 21.2 Å². The predicted molar refractivity (Wildman–Crippen MR) is 61.8 cm³/mol. The summed E-state index contributed by atoms with van der Waals surface area (Å²) in [6, 6.07) is 1.53. The second-order valence-electron chi connectivity index (χ2n) is 3.08. The van der Waals surface area contributed by atoms with Gasteiger partial charge in [-0.15, -0.1) is 0 Å². The molecule has 0 aliphatic rings. The van der Waals surface area contributed by atoms with Gasteiger partial charge in [0.15, 0.2) is 5.76 Å². The molecule has 0 fully saturated rings. The zero-order chi connectivity index (χ0) is 12.3. The molecular weight excluding hydrogens is 222 g/mol. The van der Waals surface area contributed by atoms with Gasteiger partial charge in [-0.05, 0) is 6.07 Å². The van der Waals surface area contributed by atoms with E-state index in [1.54, 1.807) is 6.07 Å². The lowest BCUT2D eigenvalue weighted by Crippen LogP contribution is -2.12. The largest absolute Gasteiger partial charge is 0.422 e. The Bertz CT molecular complexity index is 646. The van der Waals surface area contributed by atoms with Gasteiger partial charge in [0.1, 0.15) is 0 Å². The molecule has 0 saturated heterocycles. The summed E-state index contributed by atoms with van der Waals surface area (Å²) in [6.45, 7) is 0. The molecule has 2 aromatic heterocycles. The first-order valence-corrected chi connectivity index (χ1v) is 4.69. The number of nitrogens with one attached hydrogen (secondary N) is 2. The predicted octanol–water partition coefficient (Wildman–Crippen LogP) is 0.147. The summed E-state index contributed by atoms with van der Waals surface area (Å²) in [5.41, 5.74) is 5.28. The standard InChI is InChI=1S/C10H9N5O2/c11-3-6(4-12)17-10-14-8-5-13-2-1-7(8)9(16)15-10/h1-5,11H,12H2,(H,14,15,16). The summed E-state index contributed by atoms with van der Waals surface area (Å²) in [5, 5.41) is 7.41. The van der Waals surface area contributed by atoms with Crippen LogP contribution in [0, 0.1) is 5.41 Å². The van der Waals surface area contributed by atoms with Gasteiger partial charge in [-0.2, -0.15) is 4.98 Å². The van der Waals surface area contributed by atoms with Crippen LogP contribution in [0.4, 0.5) is 0 Å². The van der Waals surface area contributed by atoms with Crippen LogP contribution in [0.1, 0.15) is 0 Å². The number of pyridine rings is 1. The Balaban J connectivity index is 2.50. The van der Waals surface area contributed by atoms with Crippen LogP contribution in [0.3, 0.4) is 0 Å². The van der Waals surface area contributed by atoms with Crippen molar-refractivity contribution < 1.29 is 4.74 Å². The van der Waals surface area contributed by atoms with Crippen molar-refractivity contribution in [3.8, 4) is 6.01 Å². The van der Waals surface area contributed by atoms with Crippen molar-refractivity contribution in [1.29, 1.82) is 5.41 Å². The van der Waals surface area contributed by atoms with Gasteiger partial charge in [-0.25, -0.2) is 0 Å². The number of rotatable bonds is 3. The third-order valence-electron chi connectivity index (χ3n) is 2.01. The van der Waals surface area contributed by atoms with E-state index in [2.05, 4.69) is 15.0 Å². The number of hydrogen-bond acceptors (Lipinski definition) is 6. The number of nitrogens with zero attached hydrogens (tertiary/aromatic N) is 2. The summed E-state index contributed by atoms with van der Waals surface area (Å²) < 4.78 is 5.10. The Morgan fingerprint density at radius 3 is 3.12 bits per heavy atom. The maximum Gasteiger partial charge on any atom is 0.302 e. The number of fused-ring (bicyclic) bond motifs is 1. The van der Waals surface area contributed by atoms with Crippen molar-refractivity contribution in [2.75, 3.05) is 0 Å². The Morgan fingerprint density at radius 2 is 2.41 bits per heavy atom. The second kappa shape index (κ2) is 4.44. The number of aromatic amines is 1. The number of allylic oxidation sites excluding steroid dienone is 1. The van der Waals surface area contributed by atoms with E-state index in [4.69, 9.17) is 15.9 Å². The maximum absolute atomic E-state index is 11.6. The van der Waals surface area contributed by atoms with E-state index in [1.165, 1.54) is 12.4 Å². The lowest BCUT2D eigenvalue weighted by molar-refractivity contribution is 0.417. The molecule has 4 N–H and O–H groups in total. The lowest BCUT2D eigenvalue weighted by atomic mass is 10.3. The molecule has 0 radical (unpaired) electrons. The van der Waals surface area contributed by atoms with Crippen molar-refractivity contribution in [3.63, 3.8) is 0 Å². The summed E-state index contributed by atoms with van der Waals surface area (Å²) in [7, 11) is 0. The molecule has 0 aliphatic carbocycles. The minimum Gasteiger partial charge on any atom is -0.422 e. The highest BCUT2D eigenvalue weighted by Crippen LogP contribution is 2.09. The quantitative estimate of drug-likeness (QED) is 0.513. The molecule has 86 valence electrons. The van der Waals surface area contributed by atoms with E-state index >= 15 is 0 Å². The van der Waals surface area contributed by atoms with E-state index in [-0.39, 0.29) is 17.3 Å². The van der Waals surface area contributed by atoms with Gasteiger partial charge < -0.3 is 15.9 Å². The van der Waals surface area contributed by atoms with Gasteiger partial charge in [0, 0.05) is 12.4 Å². The third kappa shape index (κ3) is 2.12. The first-order valence-electron chi connectivity index (χ1n) is 4.69. The highest BCUT2D eigenvalue weighted by molar-refractivity contribution is 5.76. The van der Waals surface area contributed by atoms with E-state index in [9.17, 15) is 4.79 Å². The van der Waals surface area contributed by atoms with E-state index in [1.807, 2.05) is 0 Å². The first-order chi connectivity index (χ1) is 8.24. The number of hydrogen-bond donors (Lipinski definition) is 3. The Kier molecular flexibility index (Phi) is 2.82. The lowest BCUT2D eigenvalue weighted by Gasteiger charge is -2.04. The van der Waals surface area contributed by atoms with Gasteiger partial charge in [0.05, 0.1) is 23.3 Å². The molecule has 7 heteroatoms. The van der Waals surface area contributed by atoms with Crippen molar-refractivity contribution in [2.45, 2.75) is 0 Å². The monoisotopic (exact) mass is 231 g/mol. The van der Waals surface area contributed by atoms with E-state index in [0.717, 1.165) is 12.4 Å². The van der Waals surface area contributed by atoms with Gasteiger partial charge in [0.25, 0.3) is 5.56 Å². The van der Waals surface area contributed by atoms with E-state index in [0.29, 0.717) is 10.9 Å². The van der Waals surface area contributed by atoms with Crippen molar-refractivity contribution >= 4 is 17.1 Å². The van der Waals surface area contributed by atoms with Gasteiger partial charge >= 0.3 is 6.01 Å². The number of aromatic nitrogens is 3. The maximum atomic E-state index is 11.6. The molecule has 2 rings (SSSR count). The molecule has 2 aromatic rings. The normalized spacial score (nSPS) is 11.4. The zero-order valence-electron chi connectivity index (χ0n) is 8.68. The minimum absolute atomic E-state index is 0.0318. The highest BCUT2D eigenvalue weighted by Gasteiger charge is 2.05. The third-order valence-corrected chi connectivity index (χ3v) is 2.01. The topological polar surface area (TPSA) is 118 Å². The smallest absolute Gasteiger partial charge is 0.302 e. The first kappa shape index (κ1) is 10.8. The number of ether oxygens (including phenoxy) is 1. The Labute approximate surface area is 95.5 Å². The minimum atomic E-state index is -0.339. The van der Waals surface area contributed by atoms with Crippen molar-refractivity contribution in [1.82, 2.24) is 15.0 Å². The molecule has 0 aliphatic heterocycles. The van der Waals surface area contributed by atoms with Crippen LogP contribution in [-0.2, 0) is 0 Å². The summed E-state index contributed by atoms with van der Waals surface area (Å²) >= 11 is 0. The van der Waals surface area contributed by atoms with Crippen LogP contribution in [0.25, 0.3) is 10.9 Å².